The van der Waals surface area contributed by atoms with Crippen molar-refractivity contribution in [3.8, 4) is 0 Å². The van der Waals surface area contributed by atoms with Crippen LogP contribution >= 0.6 is 0 Å². The van der Waals surface area contributed by atoms with Crippen molar-refractivity contribution in [2.24, 2.45) is 0 Å². The van der Waals surface area contributed by atoms with E-state index >= 15 is 0 Å². The fourth-order valence-corrected chi connectivity index (χ4v) is 2.76. The van der Waals surface area contributed by atoms with Gasteiger partial charge in [-0.1, -0.05) is 23.3 Å². The monoisotopic (exact) mass is 350 g/mol. The quantitative estimate of drug-likeness (QED) is 0.760. The number of nitrogens with zero attached hydrogens (tertiary/aromatic N) is 5. The predicted molar refractivity (Wildman–Crippen MR) is 90.4 cm³/mol. The molecule has 4 rings (SSSR count). The summed E-state index contributed by atoms with van der Waals surface area (Å²) in [7, 11) is 0. The van der Waals surface area contributed by atoms with Crippen LogP contribution < -0.4 is 10.2 Å². The van der Waals surface area contributed by atoms with Crippen molar-refractivity contribution in [2.75, 3.05) is 16.8 Å². The Balaban J connectivity index is 1.45. The lowest BCUT2D eigenvalue weighted by Gasteiger charge is -2.15. The Bertz CT molecular complexity index is 928. The molecule has 3 aromatic rings. The lowest BCUT2D eigenvalue weighted by atomic mass is 10.1. The number of aromatic nitrogens is 4. The van der Waals surface area contributed by atoms with E-state index in [0.717, 1.165) is 5.69 Å². The average molecular weight is 350 g/mol. The smallest absolute Gasteiger partial charge is 0.322 e. The topological polar surface area (TPSA) is 114 Å². The standard InChI is InChI=1S/C17H14N6O3/c24-14-8-11(10-23(14)12-4-2-1-3-5-12)16-21-22-17(26-16)20-15(25)13-9-18-6-7-19-13/h1-7,9,11H,8,10H2,(H,20,22,25). The molecule has 2 aromatic heterocycles. The largest absolute Gasteiger partial charge is 0.407 e. The normalized spacial score (nSPS) is 16.7. The van der Waals surface area contributed by atoms with Crippen molar-refractivity contribution in [1.82, 2.24) is 20.2 Å². The number of hydrogen-bond donors (Lipinski definition) is 1. The molecule has 2 amide bonds. The zero-order valence-corrected chi connectivity index (χ0v) is 13.6. The van der Waals surface area contributed by atoms with Crippen LogP contribution in [-0.4, -0.2) is 38.5 Å². The molecule has 9 nitrogen and oxygen atoms in total. The molecular weight excluding hydrogens is 336 g/mol. The van der Waals surface area contributed by atoms with E-state index in [9.17, 15) is 9.59 Å². The molecule has 1 fully saturated rings. The third-order valence-electron chi connectivity index (χ3n) is 4.00. The molecule has 0 bridgehead atoms. The first kappa shape index (κ1) is 15.9. The Kier molecular flexibility index (Phi) is 4.10. The number of para-hydroxylation sites is 1. The number of nitrogens with one attached hydrogen (secondary N) is 1. The Morgan fingerprint density at radius 3 is 2.81 bits per heavy atom. The van der Waals surface area contributed by atoms with Crippen LogP contribution in [0.3, 0.4) is 0 Å². The predicted octanol–water partition coefficient (Wildman–Crippen LogP) is 1.63. The summed E-state index contributed by atoms with van der Waals surface area (Å²) in [5.41, 5.74) is 0.967. The molecule has 1 atom stereocenters. The van der Waals surface area contributed by atoms with Crippen molar-refractivity contribution in [2.45, 2.75) is 12.3 Å². The number of carbonyl (C=O) groups is 2. The molecule has 0 aliphatic carbocycles. The van der Waals surface area contributed by atoms with Gasteiger partial charge in [-0.15, -0.1) is 5.10 Å². The van der Waals surface area contributed by atoms with Gasteiger partial charge in [-0.25, -0.2) is 4.98 Å². The van der Waals surface area contributed by atoms with Crippen molar-refractivity contribution in [3.63, 3.8) is 0 Å². The fourth-order valence-electron chi connectivity index (χ4n) is 2.76. The molecule has 9 heteroatoms. The number of hydrogen-bond acceptors (Lipinski definition) is 7. The van der Waals surface area contributed by atoms with E-state index in [1.54, 1.807) is 4.90 Å². The van der Waals surface area contributed by atoms with Crippen LogP contribution in [0.2, 0.25) is 0 Å². The number of benzene rings is 1. The summed E-state index contributed by atoms with van der Waals surface area (Å²) >= 11 is 0. The number of anilines is 2. The number of rotatable bonds is 4. The molecule has 1 N–H and O–H groups in total. The van der Waals surface area contributed by atoms with Crippen LogP contribution in [0.4, 0.5) is 11.7 Å². The Hall–Kier alpha value is -3.62. The van der Waals surface area contributed by atoms with E-state index in [1.165, 1.54) is 18.6 Å². The van der Waals surface area contributed by atoms with Crippen LogP contribution in [0.1, 0.15) is 28.7 Å². The van der Waals surface area contributed by atoms with Gasteiger partial charge in [0.25, 0.3) is 5.91 Å². The summed E-state index contributed by atoms with van der Waals surface area (Å²) in [4.78, 5) is 33.7. The molecular formula is C17H14N6O3. The van der Waals surface area contributed by atoms with Gasteiger partial charge in [0.1, 0.15) is 5.69 Å². The average Bonchev–Trinajstić information content (AvgIpc) is 3.30. The molecule has 130 valence electrons. The first-order chi connectivity index (χ1) is 12.7. The summed E-state index contributed by atoms with van der Waals surface area (Å²) in [6.45, 7) is 0.447. The van der Waals surface area contributed by atoms with Crippen molar-refractivity contribution < 1.29 is 14.0 Å². The first-order valence-electron chi connectivity index (χ1n) is 7.97. The van der Waals surface area contributed by atoms with Crippen LogP contribution in [0.15, 0.2) is 53.3 Å². The minimum Gasteiger partial charge on any atom is -0.407 e. The molecule has 3 heterocycles. The minimum atomic E-state index is -0.498. The third-order valence-corrected chi connectivity index (χ3v) is 4.00. The summed E-state index contributed by atoms with van der Waals surface area (Å²) < 4.78 is 5.51. The second-order valence-electron chi connectivity index (χ2n) is 5.73. The summed E-state index contributed by atoms with van der Waals surface area (Å²) in [5, 5.41) is 10.3. The number of carbonyl (C=O) groups excluding carboxylic acids is 2. The first-order valence-corrected chi connectivity index (χ1v) is 7.97. The lowest BCUT2D eigenvalue weighted by molar-refractivity contribution is -0.117. The van der Waals surface area contributed by atoms with Crippen molar-refractivity contribution in [3.05, 3.63) is 60.5 Å². The molecule has 0 saturated carbocycles. The molecule has 1 aromatic carbocycles. The summed E-state index contributed by atoms with van der Waals surface area (Å²) in [6.07, 6.45) is 4.49. The van der Waals surface area contributed by atoms with Gasteiger partial charge in [-0.2, -0.15) is 0 Å². The highest BCUT2D eigenvalue weighted by molar-refractivity contribution is 6.01. The van der Waals surface area contributed by atoms with E-state index in [2.05, 4.69) is 25.5 Å². The van der Waals surface area contributed by atoms with E-state index < -0.39 is 5.91 Å². The van der Waals surface area contributed by atoms with Crippen LogP contribution in [0.5, 0.6) is 0 Å². The molecule has 1 aliphatic rings. The molecule has 1 unspecified atom stereocenters. The van der Waals surface area contributed by atoms with Gasteiger partial charge in [0, 0.05) is 31.0 Å². The van der Waals surface area contributed by atoms with Gasteiger partial charge >= 0.3 is 6.01 Å². The Morgan fingerprint density at radius 1 is 1.19 bits per heavy atom. The maximum Gasteiger partial charge on any atom is 0.322 e. The van der Waals surface area contributed by atoms with Gasteiger partial charge in [0.2, 0.25) is 11.8 Å². The number of amides is 2. The lowest BCUT2D eigenvalue weighted by Crippen LogP contribution is -2.24. The van der Waals surface area contributed by atoms with Crippen LogP contribution in [0, 0.1) is 0 Å². The highest BCUT2D eigenvalue weighted by Gasteiger charge is 2.35. The van der Waals surface area contributed by atoms with Gasteiger partial charge in [0.15, 0.2) is 0 Å². The zero-order chi connectivity index (χ0) is 17.9. The third kappa shape index (κ3) is 3.14. The molecule has 1 saturated heterocycles. The van der Waals surface area contributed by atoms with Crippen molar-refractivity contribution >= 4 is 23.5 Å². The highest BCUT2D eigenvalue weighted by atomic mass is 16.4. The molecule has 26 heavy (non-hydrogen) atoms. The van der Waals surface area contributed by atoms with E-state index in [1.807, 2.05) is 30.3 Å². The maximum atomic E-state index is 12.3. The fraction of sp³-hybridized carbons (Fsp3) is 0.176. The van der Waals surface area contributed by atoms with Gasteiger partial charge < -0.3 is 9.32 Å². The van der Waals surface area contributed by atoms with E-state index in [4.69, 9.17) is 4.42 Å². The maximum absolute atomic E-state index is 12.3. The van der Waals surface area contributed by atoms with Crippen LogP contribution in [-0.2, 0) is 4.79 Å². The second kappa shape index (κ2) is 6.71. The Labute approximate surface area is 148 Å². The van der Waals surface area contributed by atoms with E-state index in [0.29, 0.717) is 12.4 Å². The van der Waals surface area contributed by atoms with Gasteiger partial charge in [-0.3, -0.25) is 19.9 Å². The molecule has 0 radical (unpaired) electrons. The minimum absolute atomic E-state index is 0.00968. The van der Waals surface area contributed by atoms with Crippen molar-refractivity contribution in [1.29, 1.82) is 0 Å². The summed E-state index contributed by atoms with van der Waals surface area (Å²) in [5.74, 6) is -0.421. The van der Waals surface area contributed by atoms with E-state index in [-0.39, 0.29) is 30.0 Å². The highest BCUT2D eigenvalue weighted by Crippen LogP contribution is 2.31. The SMILES string of the molecule is O=C(Nc1nnc(C2CC(=O)N(c3ccccc3)C2)o1)c1cnccn1. The zero-order valence-electron chi connectivity index (χ0n) is 13.6. The molecule has 1 aliphatic heterocycles. The second-order valence-corrected chi connectivity index (χ2v) is 5.73. The Morgan fingerprint density at radius 2 is 2.04 bits per heavy atom. The van der Waals surface area contributed by atoms with Crippen LogP contribution in [0.25, 0.3) is 0 Å². The van der Waals surface area contributed by atoms with Gasteiger partial charge in [-0.05, 0) is 12.1 Å². The summed E-state index contributed by atoms with van der Waals surface area (Å²) in [6, 6.07) is 9.36. The van der Waals surface area contributed by atoms with Gasteiger partial charge in [0.05, 0.1) is 12.1 Å². The molecule has 0 spiro atoms.